The van der Waals surface area contributed by atoms with Crippen molar-refractivity contribution in [2.75, 3.05) is 12.4 Å². The molecule has 0 radical (unpaired) electrons. The number of ether oxygens (including phenoxy) is 2. The first-order chi connectivity index (χ1) is 20.6. The standard InChI is InChI=1S/C35H43N3O5/c1-20(2)24-11-13-25(14-12-24)36-32(39)29-28-17-18-35(43-28)30(29)34(41)38(19-23-9-15-26(42-5)16-10-23)31(35)33(40)37-27-8-6-7-21(3)22(27)4/h9-18,20-22,27-31H,6-8,19H2,1-5H3,(H,36,39)(H,37,40)/t21?,22?,27?,28-,29?,30-,31?,35?/m0/s1. The minimum Gasteiger partial charge on any atom is -0.497 e. The predicted octanol–water partition coefficient (Wildman–Crippen LogP) is 5.05. The van der Waals surface area contributed by atoms with Crippen LogP contribution in [-0.2, 0) is 25.7 Å². The van der Waals surface area contributed by atoms with Crippen molar-refractivity contribution in [1.82, 2.24) is 10.2 Å². The van der Waals surface area contributed by atoms with Crippen LogP contribution in [0.15, 0.2) is 60.7 Å². The van der Waals surface area contributed by atoms with Gasteiger partial charge < -0.3 is 25.0 Å². The van der Waals surface area contributed by atoms with Crippen molar-refractivity contribution in [3.05, 3.63) is 71.8 Å². The number of carbonyl (C=O) groups is 3. The van der Waals surface area contributed by atoms with Gasteiger partial charge in [-0.05, 0) is 59.6 Å². The molecule has 0 aromatic heterocycles. The van der Waals surface area contributed by atoms with Crippen LogP contribution in [0.3, 0.4) is 0 Å². The van der Waals surface area contributed by atoms with Crippen molar-refractivity contribution >= 4 is 23.4 Å². The number of nitrogens with zero attached hydrogens (tertiary/aromatic N) is 1. The zero-order chi connectivity index (χ0) is 30.5. The lowest BCUT2D eigenvalue weighted by Gasteiger charge is -2.38. The predicted molar refractivity (Wildman–Crippen MR) is 164 cm³/mol. The minimum atomic E-state index is -1.20. The van der Waals surface area contributed by atoms with Crippen LogP contribution in [0.25, 0.3) is 0 Å². The number of methoxy groups -OCH3 is 1. The maximum Gasteiger partial charge on any atom is 0.246 e. The Morgan fingerprint density at radius 3 is 2.44 bits per heavy atom. The molecule has 8 atom stereocenters. The third-order valence-corrected chi connectivity index (χ3v) is 10.3. The fourth-order valence-corrected chi connectivity index (χ4v) is 7.59. The number of hydrogen-bond donors (Lipinski definition) is 2. The van der Waals surface area contributed by atoms with E-state index in [1.807, 2.05) is 60.7 Å². The number of carbonyl (C=O) groups excluding carboxylic acids is 3. The van der Waals surface area contributed by atoms with Gasteiger partial charge in [0.2, 0.25) is 17.7 Å². The molecule has 8 heteroatoms. The molecular formula is C35H43N3O5. The van der Waals surface area contributed by atoms with Gasteiger partial charge in [0.15, 0.2) is 0 Å². The van der Waals surface area contributed by atoms with Gasteiger partial charge in [-0.15, -0.1) is 0 Å². The van der Waals surface area contributed by atoms with E-state index < -0.39 is 29.6 Å². The maximum absolute atomic E-state index is 14.3. The highest BCUT2D eigenvalue weighted by Gasteiger charge is 2.72. The van der Waals surface area contributed by atoms with Crippen molar-refractivity contribution in [3.63, 3.8) is 0 Å². The normalized spacial score (nSPS) is 32.7. The SMILES string of the molecule is COc1ccc(CN2C(=O)[C@@H]3C(C(=O)Nc4ccc(C(C)C)cc4)[C@@H]4C=CC3(O4)C2C(=O)NC2CCCC(C)C2C)cc1. The van der Waals surface area contributed by atoms with Crippen LogP contribution in [0.2, 0.25) is 0 Å². The van der Waals surface area contributed by atoms with Gasteiger partial charge >= 0.3 is 0 Å². The quantitative estimate of drug-likeness (QED) is 0.423. The Balaban J connectivity index is 1.30. The third-order valence-electron chi connectivity index (χ3n) is 10.3. The molecule has 6 unspecified atom stereocenters. The highest BCUT2D eigenvalue weighted by atomic mass is 16.5. The summed E-state index contributed by atoms with van der Waals surface area (Å²) in [6, 6.07) is 14.4. The topological polar surface area (TPSA) is 97.0 Å². The van der Waals surface area contributed by atoms with Gasteiger partial charge in [0.1, 0.15) is 17.4 Å². The summed E-state index contributed by atoms with van der Waals surface area (Å²) in [5.41, 5.74) is 1.52. The van der Waals surface area contributed by atoms with Crippen LogP contribution >= 0.6 is 0 Å². The van der Waals surface area contributed by atoms with E-state index in [1.54, 1.807) is 12.0 Å². The molecule has 1 aliphatic carbocycles. The Morgan fingerprint density at radius 1 is 1.05 bits per heavy atom. The van der Waals surface area contributed by atoms with Gasteiger partial charge in [-0.25, -0.2) is 0 Å². The number of hydrogen-bond acceptors (Lipinski definition) is 5. The average Bonchev–Trinajstić information content (AvgIpc) is 3.63. The summed E-state index contributed by atoms with van der Waals surface area (Å²) in [5.74, 6) is -0.335. The van der Waals surface area contributed by atoms with E-state index in [-0.39, 0.29) is 30.3 Å². The van der Waals surface area contributed by atoms with Gasteiger partial charge in [0.05, 0.1) is 25.0 Å². The van der Waals surface area contributed by atoms with Crippen molar-refractivity contribution in [2.24, 2.45) is 23.7 Å². The van der Waals surface area contributed by atoms with Crippen LogP contribution in [0.5, 0.6) is 5.75 Å². The molecule has 3 aliphatic heterocycles. The zero-order valence-corrected chi connectivity index (χ0v) is 25.7. The molecule has 3 fully saturated rings. The second-order valence-corrected chi connectivity index (χ2v) is 13.2. The molecule has 4 aliphatic rings. The second kappa shape index (κ2) is 11.5. The van der Waals surface area contributed by atoms with Crippen LogP contribution in [0.1, 0.15) is 64.0 Å². The first-order valence-corrected chi connectivity index (χ1v) is 15.6. The fourth-order valence-electron chi connectivity index (χ4n) is 7.59. The van der Waals surface area contributed by atoms with Crippen LogP contribution < -0.4 is 15.4 Å². The van der Waals surface area contributed by atoms with E-state index in [0.29, 0.717) is 29.2 Å². The van der Waals surface area contributed by atoms with E-state index in [1.165, 1.54) is 5.56 Å². The summed E-state index contributed by atoms with van der Waals surface area (Å²) in [4.78, 5) is 44.0. The monoisotopic (exact) mass is 585 g/mol. The van der Waals surface area contributed by atoms with Crippen LogP contribution in [0.4, 0.5) is 5.69 Å². The molecular weight excluding hydrogens is 542 g/mol. The van der Waals surface area contributed by atoms with Crippen LogP contribution in [0, 0.1) is 23.7 Å². The summed E-state index contributed by atoms with van der Waals surface area (Å²) in [5, 5.41) is 6.34. The van der Waals surface area contributed by atoms with Crippen LogP contribution in [-0.4, -0.2) is 53.5 Å². The Bertz CT molecular complexity index is 1400. The number of anilines is 1. The van der Waals surface area contributed by atoms with E-state index in [4.69, 9.17) is 9.47 Å². The molecule has 2 aromatic rings. The summed E-state index contributed by atoms with van der Waals surface area (Å²) >= 11 is 0. The summed E-state index contributed by atoms with van der Waals surface area (Å²) in [7, 11) is 1.61. The number of likely N-dealkylation sites (tertiary alicyclic amines) is 1. The highest BCUT2D eigenvalue weighted by Crippen LogP contribution is 2.55. The molecule has 2 aromatic carbocycles. The summed E-state index contributed by atoms with van der Waals surface area (Å²) in [6.07, 6.45) is 6.27. The first-order valence-electron chi connectivity index (χ1n) is 15.6. The Morgan fingerprint density at radius 2 is 1.77 bits per heavy atom. The Kier molecular flexibility index (Phi) is 7.84. The molecule has 2 bridgehead atoms. The lowest BCUT2D eigenvalue weighted by atomic mass is 9.73. The number of fused-ring (bicyclic) bond motifs is 1. The first kappa shape index (κ1) is 29.4. The molecule has 2 N–H and O–H groups in total. The number of amides is 3. The lowest BCUT2D eigenvalue weighted by molar-refractivity contribution is -0.142. The Labute approximate surface area is 254 Å². The molecule has 3 heterocycles. The molecule has 2 saturated heterocycles. The van der Waals surface area contributed by atoms with Crippen molar-refractivity contribution in [3.8, 4) is 5.75 Å². The second-order valence-electron chi connectivity index (χ2n) is 13.2. The molecule has 6 rings (SSSR count). The largest absolute Gasteiger partial charge is 0.497 e. The summed E-state index contributed by atoms with van der Waals surface area (Å²) < 4.78 is 11.8. The van der Waals surface area contributed by atoms with E-state index in [9.17, 15) is 14.4 Å². The Hall–Kier alpha value is -3.65. The van der Waals surface area contributed by atoms with E-state index in [2.05, 4.69) is 38.3 Å². The maximum atomic E-state index is 14.3. The number of benzene rings is 2. The molecule has 1 spiro atoms. The molecule has 8 nitrogen and oxygen atoms in total. The van der Waals surface area contributed by atoms with Gasteiger partial charge in [-0.3, -0.25) is 14.4 Å². The van der Waals surface area contributed by atoms with Crippen molar-refractivity contribution < 1.29 is 23.9 Å². The average molecular weight is 586 g/mol. The number of nitrogens with one attached hydrogen (secondary N) is 2. The summed E-state index contributed by atoms with van der Waals surface area (Å²) in [6.45, 7) is 8.89. The van der Waals surface area contributed by atoms with E-state index >= 15 is 0 Å². The lowest BCUT2D eigenvalue weighted by Crippen LogP contribution is -2.57. The van der Waals surface area contributed by atoms with Crippen molar-refractivity contribution in [1.29, 1.82) is 0 Å². The van der Waals surface area contributed by atoms with E-state index in [0.717, 1.165) is 24.8 Å². The fraction of sp³-hybridized carbons (Fsp3) is 0.514. The smallest absolute Gasteiger partial charge is 0.246 e. The minimum absolute atomic E-state index is 0.0279. The highest BCUT2D eigenvalue weighted by molar-refractivity contribution is 6.02. The van der Waals surface area contributed by atoms with Gasteiger partial charge in [0.25, 0.3) is 0 Å². The zero-order valence-electron chi connectivity index (χ0n) is 25.7. The number of rotatable bonds is 8. The van der Waals surface area contributed by atoms with Gasteiger partial charge in [-0.1, -0.05) is 77.0 Å². The molecule has 1 saturated carbocycles. The van der Waals surface area contributed by atoms with Crippen molar-refractivity contribution in [2.45, 2.75) is 83.2 Å². The van der Waals surface area contributed by atoms with Gasteiger partial charge in [0, 0.05) is 18.3 Å². The third kappa shape index (κ3) is 5.13. The molecule has 3 amide bonds. The molecule has 43 heavy (non-hydrogen) atoms. The van der Waals surface area contributed by atoms with Gasteiger partial charge in [-0.2, -0.15) is 0 Å². The molecule has 228 valence electrons.